The molecule has 184 valence electrons. The number of alkyl halides is 3. The first-order valence-corrected chi connectivity index (χ1v) is 11.5. The van der Waals surface area contributed by atoms with Gasteiger partial charge in [-0.05, 0) is 50.1 Å². The average molecular weight is 485 g/mol. The predicted octanol–water partition coefficient (Wildman–Crippen LogP) is 4.27. The first-order chi connectivity index (χ1) is 16.5. The number of nitrogens with zero attached hydrogens (tertiary/aromatic N) is 6. The smallest absolute Gasteiger partial charge is 0.349 e. The Morgan fingerprint density at radius 2 is 1.83 bits per heavy atom. The molecule has 1 saturated heterocycles. The summed E-state index contributed by atoms with van der Waals surface area (Å²) in [6.45, 7) is 7.28. The Labute approximate surface area is 201 Å². The number of fused-ring (bicyclic) bond motifs is 1. The largest absolute Gasteiger partial charge is 0.416 e. The summed E-state index contributed by atoms with van der Waals surface area (Å²) in [5.41, 5.74) is 1.09. The van der Waals surface area contributed by atoms with E-state index >= 15 is 0 Å². The fraction of sp³-hybridized carbons (Fsp3) is 0.440. The van der Waals surface area contributed by atoms with Gasteiger partial charge in [0, 0.05) is 38.3 Å². The highest BCUT2D eigenvalue weighted by atomic mass is 19.4. The van der Waals surface area contributed by atoms with Crippen LogP contribution in [0.3, 0.4) is 0 Å². The van der Waals surface area contributed by atoms with Gasteiger partial charge >= 0.3 is 11.9 Å². The standard InChI is InChI=1S/C25H27F3N6O/c1-5-20-14-33(23-22-21(32(4)24(35)31-23)11-10-19(12-29)30-22)15(2)13-34(20)16(3)17-6-8-18(9-7-17)25(26,27)28/h6-11,15-16,20H,5,13-14H2,1-4H3/t15-,16?,20?/m0/s1. The maximum atomic E-state index is 13.0. The highest BCUT2D eigenvalue weighted by Crippen LogP contribution is 2.34. The van der Waals surface area contributed by atoms with E-state index in [-0.39, 0.29) is 23.8 Å². The molecule has 3 atom stereocenters. The minimum Gasteiger partial charge on any atom is -0.349 e. The summed E-state index contributed by atoms with van der Waals surface area (Å²) in [7, 11) is 1.62. The van der Waals surface area contributed by atoms with Crippen molar-refractivity contribution in [3.05, 3.63) is 63.7 Å². The van der Waals surface area contributed by atoms with Crippen molar-refractivity contribution in [3.63, 3.8) is 0 Å². The molecule has 1 aliphatic heterocycles. The Morgan fingerprint density at radius 3 is 2.43 bits per heavy atom. The molecule has 4 rings (SSSR count). The third-order valence-corrected chi connectivity index (χ3v) is 6.89. The van der Waals surface area contributed by atoms with Crippen LogP contribution in [0.25, 0.3) is 11.0 Å². The molecule has 1 aliphatic rings. The maximum Gasteiger partial charge on any atom is 0.416 e. The Hall–Kier alpha value is -3.45. The van der Waals surface area contributed by atoms with Crippen LogP contribution in [-0.4, -0.2) is 44.6 Å². The summed E-state index contributed by atoms with van der Waals surface area (Å²) in [6.07, 6.45) is -3.57. The SMILES string of the molecule is CCC1CN(c2nc(=O)n(C)c3ccc(C#N)nc23)[C@@H](C)CN1C(C)c1ccc(C(F)(F)F)cc1. The maximum absolute atomic E-state index is 13.0. The van der Waals surface area contributed by atoms with Gasteiger partial charge in [0.1, 0.15) is 17.3 Å². The second-order valence-corrected chi connectivity index (χ2v) is 9.01. The van der Waals surface area contributed by atoms with Gasteiger partial charge in [0.15, 0.2) is 5.82 Å². The van der Waals surface area contributed by atoms with E-state index in [9.17, 15) is 23.2 Å². The fourth-order valence-corrected chi connectivity index (χ4v) is 4.81. The summed E-state index contributed by atoms with van der Waals surface area (Å²) < 4.78 is 40.4. The van der Waals surface area contributed by atoms with Gasteiger partial charge in [-0.2, -0.15) is 23.4 Å². The van der Waals surface area contributed by atoms with E-state index in [4.69, 9.17) is 0 Å². The molecule has 1 aromatic carbocycles. The molecule has 0 amide bonds. The van der Waals surface area contributed by atoms with E-state index < -0.39 is 17.4 Å². The van der Waals surface area contributed by atoms with Gasteiger partial charge in [-0.15, -0.1) is 0 Å². The Morgan fingerprint density at radius 1 is 1.14 bits per heavy atom. The number of pyridine rings is 1. The lowest BCUT2D eigenvalue weighted by Crippen LogP contribution is -2.58. The molecule has 2 aromatic heterocycles. The molecule has 0 aliphatic carbocycles. The van der Waals surface area contributed by atoms with Crippen molar-refractivity contribution in [3.8, 4) is 6.07 Å². The van der Waals surface area contributed by atoms with Crippen molar-refractivity contribution in [2.24, 2.45) is 7.05 Å². The molecule has 0 saturated carbocycles. The zero-order valence-electron chi connectivity index (χ0n) is 20.0. The molecule has 1 fully saturated rings. The predicted molar refractivity (Wildman–Crippen MR) is 127 cm³/mol. The molecule has 0 bridgehead atoms. The highest BCUT2D eigenvalue weighted by Gasteiger charge is 2.36. The first kappa shape index (κ1) is 24.7. The fourth-order valence-electron chi connectivity index (χ4n) is 4.81. The molecule has 3 aromatic rings. The van der Waals surface area contributed by atoms with Gasteiger partial charge in [-0.25, -0.2) is 9.78 Å². The summed E-state index contributed by atoms with van der Waals surface area (Å²) >= 11 is 0. The Balaban J connectivity index is 1.67. The zero-order valence-corrected chi connectivity index (χ0v) is 20.0. The zero-order chi connectivity index (χ0) is 25.5. The van der Waals surface area contributed by atoms with Crippen molar-refractivity contribution in [1.29, 1.82) is 5.26 Å². The molecule has 0 N–H and O–H groups in total. The van der Waals surface area contributed by atoms with Crippen molar-refractivity contribution < 1.29 is 13.2 Å². The lowest BCUT2D eigenvalue weighted by atomic mass is 9.98. The van der Waals surface area contributed by atoms with Gasteiger partial charge in [-0.3, -0.25) is 9.47 Å². The number of hydrogen-bond donors (Lipinski definition) is 0. The summed E-state index contributed by atoms with van der Waals surface area (Å²) in [6, 6.07) is 10.6. The van der Waals surface area contributed by atoms with E-state index in [0.29, 0.717) is 29.9 Å². The summed E-state index contributed by atoms with van der Waals surface area (Å²) in [5.74, 6) is 0.452. The van der Waals surface area contributed by atoms with E-state index in [1.54, 1.807) is 31.3 Å². The number of nitriles is 1. The minimum absolute atomic E-state index is 0.0509. The van der Waals surface area contributed by atoms with Gasteiger partial charge in [0.2, 0.25) is 0 Å². The van der Waals surface area contributed by atoms with Crippen LogP contribution in [0.2, 0.25) is 0 Å². The number of rotatable bonds is 4. The molecule has 3 heterocycles. The van der Waals surface area contributed by atoms with Crippen LogP contribution >= 0.6 is 0 Å². The van der Waals surface area contributed by atoms with Crippen molar-refractivity contribution in [2.75, 3.05) is 18.0 Å². The molecule has 35 heavy (non-hydrogen) atoms. The number of aromatic nitrogens is 3. The molecule has 7 nitrogen and oxygen atoms in total. The van der Waals surface area contributed by atoms with Crippen LogP contribution < -0.4 is 10.6 Å². The molecule has 10 heteroatoms. The van der Waals surface area contributed by atoms with E-state index in [1.807, 2.05) is 19.9 Å². The lowest BCUT2D eigenvalue weighted by molar-refractivity contribution is -0.137. The summed E-state index contributed by atoms with van der Waals surface area (Å²) in [4.78, 5) is 25.7. The van der Waals surface area contributed by atoms with Crippen molar-refractivity contribution in [2.45, 2.75) is 51.5 Å². The number of anilines is 1. The lowest BCUT2D eigenvalue weighted by Gasteiger charge is -2.48. The first-order valence-electron chi connectivity index (χ1n) is 11.5. The van der Waals surface area contributed by atoms with Crippen LogP contribution in [-0.2, 0) is 13.2 Å². The van der Waals surface area contributed by atoms with E-state index in [0.717, 1.165) is 24.1 Å². The second kappa shape index (κ2) is 9.30. The van der Waals surface area contributed by atoms with Crippen LogP contribution in [0, 0.1) is 11.3 Å². The van der Waals surface area contributed by atoms with Crippen LogP contribution in [0.5, 0.6) is 0 Å². The van der Waals surface area contributed by atoms with Crippen molar-refractivity contribution in [1.82, 2.24) is 19.4 Å². The molecule has 0 radical (unpaired) electrons. The van der Waals surface area contributed by atoms with E-state index in [1.165, 1.54) is 4.57 Å². The Kier molecular flexibility index (Phi) is 6.56. The second-order valence-electron chi connectivity index (χ2n) is 9.01. The van der Waals surface area contributed by atoms with Gasteiger partial charge in [-0.1, -0.05) is 19.1 Å². The topological polar surface area (TPSA) is 78.0 Å². The summed E-state index contributed by atoms with van der Waals surface area (Å²) in [5, 5.41) is 9.34. The average Bonchev–Trinajstić information content (AvgIpc) is 2.85. The van der Waals surface area contributed by atoms with Crippen LogP contribution in [0.1, 0.15) is 50.1 Å². The van der Waals surface area contributed by atoms with Crippen LogP contribution in [0.4, 0.5) is 19.0 Å². The van der Waals surface area contributed by atoms with Gasteiger partial charge in [0.05, 0.1) is 11.1 Å². The molecular formula is C25H27F3N6O. The number of hydrogen-bond acceptors (Lipinski definition) is 6. The normalized spacial score (nSPS) is 20.1. The number of benzene rings is 1. The van der Waals surface area contributed by atoms with Gasteiger partial charge < -0.3 is 4.90 Å². The minimum atomic E-state index is -4.37. The molecule has 2 unspecified atom stereocenters. The monoisotopic (exact) mass is 484 g/mol. The molecular weight excluding hydrogens is 457 g/mol. The van der Waals surface area contributed by atoms with Crippen LogP contribution in [0.15, 0.2) is 41.2 Å². The number of aryl methyl sites for hydroxylation is 1. The van der Waals surface area contributed by atoms with Gasteiger partial charge in [0.25, 0.3) is 0 Å². The highest BCUT2D eigenvalue weighted by molar-refractivity contribution is 5.86. The third kappa shape index (κ3) is 4.60. The van der Waals surface area contributed by atoms with E-state index in [2.05, 4.69) is 26.7 Å². The third-order valence-electron chi connectivity index (χ3n) is 6.89. The van der Waals surface area contributed by atoms with Crippen molar-refractivity contribution >= 4 is 16.9 Å². The molecule has 0 spiro atoms. The Bertz CT molecular complexity index is 1330. The number of piperazine rings is 1. The number of halogens is 3. The quantitative estimate of drug-likeness (QED) is 0.551.